The first-order valence-corrected chi connectivity index (χ1v) is 52.3. The first kappa shape index (κ1) is 87.5. The van der Waals surface area contributed by atoms with Gasteiger partial charge in [0.1, 0.15) is 17.2 Å². The predicted molar refractivity (Wildman–Crippen MR) is 620 cm³/mol. The lowest BCUT2D eigenvalue weighted by atomic mass is 9.82. The van der Waals surface area contributed by atoms with Crippen LogP contribution in [-0.4, -0.2) is 0 Å². The van der Waals surface area contributed by atoms with Gasteiger partial charge in [0.2, 0.25) is 0 Å². The molecule has 0 radical (unpaired) electrons. The summed E-state index contributed by atoms with van der Waals surface area (Å²) in [6.07, 6.45) is 0. The lowest BCUT2D eigenvalue weighted by Crippen LogP contribution is -2.15. The van der Waals surface area contributed by atoms with Crippen molar-refractivity contribution in [2.75, 3.05) is 29.4 Å². The van der Waals surface area contributed by atoms with Crippen LogP contribution in [0.2, 0.25) is 0 Å². The Morgan fingerprint density at radius 2 is 0.555 bits per heavy atom. The minimum absolute atomic E-state index is 0.186. The summed E-state index contributed by atoms with van der Waals surface area (Å²) in [4.78, 5) is 13.8. The summed E-state index contributed by atoms with van der Waals surface area (Å²) < 4.78 is 46.9. The number of rotatable bonds is 19. The molecule has 0 saturated carbocycles. The van der Waals surface area contributed by atoms with Crippen molar-refractivity contribution < 1.29 is 13.2 Å². The molecule has 146 heavy (non-hydrogen) atoms. The molecule has 13 heteroatoms. The summed E-state index contributed by atoms with van der Waals surface area (Å²) in [6, 6.07) is 176. The lowest BCUT2D eigenvalue weighted by molar-refractivity contribution is 0.584. The van der Waals surface area contributed by atoms with Crippen LogP contribution >= 0.6 is 45.3 Å². The monoisotopic (exact) mass is 1950 g/mol. The molecule has 0 amide bonds. The number of thiophene rings is 4. The van der Waals surface area contributed by atoms with Crippen molar-refractivity contribution in [1.29, 1.82) is 0 Å². The van der Waals surface area contributed by atoms with Crippen LogP contribution in [0.3, 0.4) is 0 Å². The second kappa shape index (κ2) is 36.1. The van der Waals surface area contributed by atoms with E-state index in [9.17, 15) is 0 Å². The standard InChI is InChI=1S/C69H47F2N3OS.C64H41N3S3/c1-69(2)62-21-11-9-18-56(62)60-41-52(33-36-63(60)69)73(55-39-46(70)38-47(71)40-55)50-30-28-49(29-31-50)72(48-16-7-4-8-17-48)53-34-37-66-61(42-53)58-35-32-54(43-67(58)76-66)74(51-26-24-45(25-27-51)44-14-5-3-6-15-44)64-22-13-20-59-57-19-10-12-23-65(57)75-68(59)64;1-3-17-44(18-4-1)65(48-30-29-42-15-7-8-16-43(42)39-48)46-31-33-47(34-32-46)67(58-26-14-24-55-52-22-10-12-28-60(52)70-64(55)58)49-36-38-61-56(40-49)53-37-35-50(41-62(53)68-61)66(45-19-5-2-6-20-45)57-25-13-23-54-51-21-9-11-27-59(51)69-63(54)57/h3-43H,1-2H3;1-41H. The van der Waals surface area contributed by atoms with Gasteiger partial charge in [0.15, 0.2) is 5.58 Å². The van der Waals surface area contributed by atoms with Crippen molar-refractivity contribution in [3.63, 3.8) is 0 Å². The van der Waals surface area contributed by atoms with Gasteiger partial charge >= 0.3 is 0 Å². The quantitative estimate of drug-likeness (QED) is 0.0798. The Bertz CT molecular complexity index is 9730. The van der Waals surface area contributed by atoms with Gasteiger partial charge in [-0.3, -0.25) is 0 Å². The number of hydrogen-bond acceptors (Lipinski definition) is 11. The molecular formula is C133H88F2N6OS4. The van der Waals surface area contributed by atoms with Crippen LogP contribution in [0.15, 0.2) is 502 Å². The van der Waals surface area contributed by atoms with Crippen LogP contribution < -0.4 is 29.4 Å². The lowest BCUT2D eigenvalue weighted by Gasteiger charge is -2.29. The van der Waals surface area contributed by atoms with Gasteiger partial charge in [-0.1, -0.05) is 275 Å². The Balaban J connectivity index is 0.000000145. The van der Waals surface area contributed by atoms with Gasteiger partial charge < -0.3 is 33.8 Å². The van der Waals surface area contributed by atoms with E-state index in [0.717, 1.165) is 146 Å². The summed E-state index contributed by atoms with van der Waals surface area (Å²) in [5.41, 5.74) is 26.6. The van der Waals surface area contributed by atoms with Crippen molar-refractivity contribution >= 4 is 261 Å². The Kier molecular flexibility index (Phi) is 21.6. The van der Waals surface area contributed by atoms with E-state index in [1.54, 1.807) is 11.3 Å². The number of benzene rings is 22. The number of hydrogen-bond donors (Lipinski definition) is 0. The van der Waals surface area contributed by atoms with Gasteiger partial charge in [-0.2, -0.15) is 0 Å². The molecule has 0 bridgehead atoms. The molecule has 22 aromatic carbocycles. The zero-order valence-corrected chi connectivity index (χ0v) is 82.6. The van der Waals surface area contributed by atoms with Crippen LogP contribution in [0.25, 0.3) is 136 Å². The van der Waals surface area contributed by atoms with Crippen LogP contribution in [0.5, 0.6) is 0 Å². The SMILES string of the molecule is CC1(C)c2ccccc2-c2cc(N(c3ccc(N(c4ccccc4)c4ccc5sc6cc(N(c7ccc(-c8ccccc8)cc7)c7cccc8c7oc7ccccc78)ccc6c5c4)cc3)c3cc(F)cc(F)c3)ccc21.c1ccc(N(c2ccc(N(c3ccc4sc5cc(N(c6ccccc6)c6cccc7c6sc6ccccc67)ccc5c4c3)c3cccc4c3sc3ccccc34)cc2)c2ccc3ccccc3c2)cc1. The molecule has 28 rings (SSSR count). The van der Waals surface area contributed by atoms with Gasteiger partial charge in [-0.15, -0.1) is 45.3 Å². The average molecular weight is 1950 g/mol. The number of fused-ring (bicyclic) bond motifs is 19. The van der Waals surface area contributed by atoms with E-state index in [1.165, 1.54) is 116 Å². The van der Waals surface area contributed by atoms with Crippen molar-refractivity contribution in [2.45, 2.75) is 19.3 Å². The maximum atomic E-state index is 15.1. The number of para-hydroxylation sites is 5. The van der Waals surface area contributed by atoms with Crippen LogP contribution in [-0.2, 0) is 5.41 Å². The van der Waals surface area contributed by atoms with Crippen molar-refractivity contribution in [3.05, 3.63) is 520 Å². The number of nitrogens with zero attached hydrogens (tertiary/aromatic N) is 6. The second-order valence-electron chi connectivity index (χ2n) is 37.7. The number of halogens is 2. The molecule has 27 aromatic rings. The Morgan fingerprint density at radius 1 is 0.199 bits per heavy atom. The van der Waals surface area contributed by atoms with E-state index >= 15 is 8.78 Å². The Labute approximate surface area is 858 Å². The van der Waals surface area contributed by atoms with E-state index < -0.39 is 11.6 Å². The number of furan rings is 1. The van der Waals surface area contributed by atoms with E-state index in [2.05, 4.69) is 481 Å². The van der Waals surface area contributed by atoms with E-state index in [-0.39, 0.29) is 5.41 Å². The fourth-order valence-corrected chi connectivity index (χ4v) is 26.6. The topological polar surface area (TPSA) is 32.6 Å². The van der Waals surface area contributed by atoms with Gasteiger partial charge in [0.05, 0.1) is 32.1 Å². The summed E-state index contributed by atoms with van der Waals surface area (Å²) in [6.45, 7) is 4.49. The Hall–Kier alpha value is -17.6. The molecule has 0 saturated heterocycles. The first-order valence-electron chi connectivity index (χ1n) is 49.1. The highest BCUT2D eigenvalue weighted by atomic mass is 32.1. The maximum absolute atomic E-state index is 15.1. The molecule has 5 heterocycles. The van der Waals surface area contributed by atoms with Gasteiger partial charge in [0, 0.05) is 173 Å². The summed E-state index contributed by atoms with van der Waals surface area (Å²) >= 11 is 7.38. The molecule has 0 aliphatic heterocycles. The summed E-state index contributed by atoms with van der Waals surface area (Å²) in [5.74, 6) is -1.28. The molecule has 694 valence electrons. The van der Waals surface area contributed by atoms with E-state index in [1.807, 2.05) is 75.3 Å². The highest BCUT2D eigenvalue weighted by Gasteiger charge is 2.37. The molecule has 1 aliphatic carbocycles. The first-order chi connectivity index (χ1) is 71.9. The van der Waals surface area contributed by atoms with E-state index in [4.69, 9.17) is 4.42 Å². The summed E-state index contributed by atoms with van der Waals surface area (Å²) in [5, 5.41) is 14.6. The molecular weight excluding hydrogens is 1860 g/mol. The van der Waals surface area contributed by atoms with Gasteiger partial charge in [-0.25, -0.2) is 8.78 Å². The van der Waals surface area contributed by atoms with E-state index in [0.29, 0.717) is 5.69 Å². The fourth-order valence-electron chi connectivity index (χ4n) is 21.9. The molecule has 0 fully saturated rings. The smallest absolute Gasteiger partial charge is 0.159 e. The molecule has 0 spiro atoms. The molecule has 5 aromatic heterocycles. The third kappa shape index (κ3) is 15.4. The van der Waals surface area contributed by atoms with Gasteiger partial charge in [0.25, 0.3) is 0 Å². The zero-order valence-electron chi connectivity index (χ0n) is 79.3. The zero-order chi connectivity index (χ0) is 97.2. The fraction of sp³-hybridized carbons (Fsp3) is 0.0226. The second-order valence-corrected chi connectivity index (χ2v) is 42.0. The van der Waals surface area contributed by atoms with Crippen LogP contribution in [0, 0.1) is 11.6 Å². The van der Waals surface area contributed by atoms with Crippen LogP contribution in [0.4, 0.5) is 111 Å². The minimum atomic E-state index is -0.640. The minimum Gasteiger partial charge on any atom is -0.454 e. The van der Waals surface area contributed by atoms with Crippen molar-refractivity contribution in [2.24, 2.45) is 0 Å². The Morgan fingerprint density at radius 3 is 1.12 bits per heavy atom. The molecule has 7 nitrogen and oxygen atoms in total. The number of anilines is 18. The van der Waals surface area contributed by atoms with Crippen molar-refractivity contribution in [3.8, 4) is 22.3 Å². The highest BCUT2D eigenvalue weighted by Crippen LogP contribution is 2.56. The molecule has 0 unspecified atom stereocenters. The molecule has 0 N–H and O–H groups in total. The normalized spacial score (nSPS) is 12.2. The van der Waals surface area contributed by atoms with Crippen LogP contribution in [0.1, 0.15) is 25.0 Å². The molecule has 0 atom stereocenters. The predicted octanol–water partition coefficient (Wildman–Crippen LogP) is 41.0. The highest BCUT2D eigenvalue weighted by molar-refractivity contribution is 7.27. The van der Waals surface area contributed by atoms with Crippen molar-refractivity contribution in [1.82, 2.24) is 0 Å². The third-order valence-corrected chi connectivity index (χ3v) is 33.4. The maximum Gasteiger partial charge on any atom is 0.159 e. The molecule has 1 aliphatic rings. The van der Waals surface area contributed by atoms with Gasteiger partial charge in [-0.05, 0) is 275 Å². The third-order valence-electron chi connectivity index (χ3n) is 28.7. The average Bonchev–Trinajstić information content (AvgIpc) is 1.56. The summed E-state index contributed by atoms with van der Waals surface area (Å²) in [7, 11) is 0. The largest absolute Gasteiger partial charge is 0.454 e.